The first kappa shape index (κ1) is 17.9. The van der Waals surface area contributed by atoms with Crippen molar-refractivity contribution >= 4 is 28.7 Å². The summed E-state index contributed by atoms with van der Waals surface area (Å²) in [6.07, 6.45) is 1.09. The molecule has 1 aromatic heterocycles. The number of rotatable bonds is 4. The zero-order chi connectivity index (χ0) is 19.6. The fourth-order valence-corrected chi connectivity index (χ4v) is 4.52. The van der Waals surface area contributed by atoms with Gasteiger partial charge in [0.2, 0.25) is 6.79 Å². The molecule has 6 nitrogen and oxygen atoms in total. The van der Waals surface area contributed by atoms with E-state index in [0.29, 0.717) is 12.3 Å². The molecule has 2 amide bonds. The molecule has 148 valence electrons. The lowest BCUT2D eigenvalue weighted by atomic mass is 10.1. The second kappa shape index (κ2) is 7.67. The Bertz CT molecular complexity index is 1030. The Morgan fingerprint density at radius 1 is 1.07 bits per heavy atom. The second-order valence-electron chi connectivity index (χ2n) is 7.08. The molecular weight excluding hydrogens is 386 g/mol. The van der Waals surface area contributed by atoms with E-state index in [1.54, 1.807) is 0 Å². The normalized spacial score (nSPS) is 14.4. The van der Waals surface area contributed by atoms with Crippen LogP contribution in [0.25, 0.3) is 0 Å². The molecule has 7 heteroatoms. The van der Waals surface area contributed by atoms with Crippen LogP contribution in [0, 0.1) is 0 Å². The summed E-state index contributed by atoms with van der Waals surface area (Å²) in [6.45, 7) is 2.63. The third kappa shape index (κ3) is 3.86. The number of carbonyl (C=O) groups is 1. The maximum Gasteiger partial charge on any atom is 0.319 e. The number of benzene rings is 2. The predicted molar refractivity (Wildman–Crippen MR) is 114 cm³/mol. The molecule has 2 aliphatic heterocycles. The minimum absolute atomic E-state index is 0.240. The smallest absolute Gasteiger partial charge is 0.319 e. The highest BCUT2D eigenvalue weighted by molar-refractivity contribution is 7.10. The maximum atomic E-state index is 12.2. The molecule has 3 aromatic rings. The number of amides is 2. The molecule has 0 bridgehead atoms. The first-order valence-electron chi connectivity index (χ1n) is 9.58. The zero-order valence-corrected chi connectivity index (χ0v) is 16.6. The molecule has 0 atom stereocenters. The van der Waals surface area contributed by atoms with Gasteiger partial charge in [-0.15, -0.1) is 11.3 Å². The van der Waals surface area contributed by atoms with Crippen molar-refractivity contribution < 1.29 is 14.3 Å². The van der Waals surface area contributed by atoms with Gasteiger partial charge < -0.3 is 25.0 Å². The first-order chi connectivity index (χ1) is 14.2. The van der Waals surface area contributed by atoms with Crippen LogP contribution in [0.2, 0.25) is 0 Å². The lowest BCUT2D eigenvalue weighted by Crippen LogP contribution is -2.29. The summed E-state index contributed by atoms with van der Waals surface area (Å²) >= 11 is 1.85. The van der Waals surface area contributed by atoms with Crippen molar-refractivity contribution in [2.24, 2.45) is 0 Å². The molecular formula is C22H21N3O3S. The summed E-state index contributed by atoms with van der Waals surface area (Å²) in [7, 11) is 0. The molecule has 0 spiro atoms. The fourth-order valence-electron chi connectivity index (χ4n) is 3.63. The molecule has 0 unspecified atom stereocenters. The number of nitrogens with one attached hydrogen (secondary N) is 2. The highest BCUT2D eigenvalue weighted by Gasteiger charge is 2.17. The molecule has 0 saturated heterocycles. The van der Waals surface area contributed by atoms with E-state index in [0.717, 1.165) is 36.5 Å². The largest absolute Gasteiger partial charge is 0.454 e. The van der Waals surface area contributed by atoms with Crippen molar-refractivity contribution in [3.63, 3.8) is 0 Å². The van der Waals surface area contributed by atoms with Crippen LogP contribution in [0.4, 0.5) is 16.2 Å². The summed E-state index contributed by atoms with van der Waals surface area (Å²) in [6, 6.07) is 15.6. The number of hydrogen-bond acceptors (Lipinski definition) is 5. The number of fused-ring (bicyclic) bond motifs is 2. The molecule has 0 radical (unpaired) electrons. The molecule has 5 rings (SSSR count). The number of urea groups is 1. The van der Waals surface area contributed by atoms with Crippen molar-refractivity contribution in [1.82, 2.24) is 5.32 Å². The van der Waals surface area contributed by atoms with Gasteiger partial charge in [-0.1, -0.05) is 6.07 Å². The Balaban J connectivity index is 1.15. The monoisotopic (exact) mass is 407 g/mol. The number of anilines is 2. The van der Waals surface area contributed by atoms with Gasteiger partial charge >= 0.3 is 6.03 Å². The average molecular weight is 407 g/mol. The first-order valence-corrected chi connectivity index (χ1v) is 10.5. The van der Waals surface area contributed by atoms with Gasteiger partial charge in [0.1, 0.15) is 0 Å². The van der Waals surface area contributed by atoms with Gasteiger partial charge in [0.15, 0.2) is 11.5 Å². The summed E-state index contributed by atoms with van der Waals surface area (Å²) in [5.41, 5.74) is 4.32. The Labute approximate surface area is 173 Å². The van der Waals surface area contributed by atoms with Crippen LogP contribution in [0.15, 0.2) is 53.9 Å². The van der Waals surface area contributed by atoms with Crippen molar-refractivity contribution in [3.8, 4) is 11.5 Å². The minimum atomic E-state index is -0.240. The van der Waals surface area contributed by atoms with E-state index < -0.39 is 0 Å². The second-order valence-corrected chi connectivity index (χ2v) is 8.08. The molecule has 2 aromatic carbocycles. The Hall–Kier alpha value is -3.19. The summed E-state index contributed by atoms with van der Waals surface area (Å²) < 4.78 is 10.7. The van der Waals surface area contributed by atoms with Gasteiger partial charge in [-0.25, -0.2) is 4.79 Å². The highest BCUT2D eigenvalue weighted by atomic mass is 32.1. The van der Waals surface area contributed by atoms with Crippen molar-refractivity contribution in [2.45, 2.75) is 19.5 Å². The molecule has 29 heavy (non-hydrogen) atoms. The number of carbonyl (C=O) groups excluding carboxylic acids is 1. The van der Waals surface area contributed by atoms with Crippen LogP contribution in [-0.4, -0.2) is 19.4 Å². The van der Waals surface area contributed by atoms with Crippen molar-refractivity contribution in [3.05, 3.63) is 69.9 Å². The number of hydrogen-bond donors (Lipinski definition) is 2. The molecule has 0 aliphatic carbocycles. The van der Waals surface area contributed by atoms with E-state index >= 15 is 0 Å². The third-order valence-corrected chi connectivity index (χ3v) is 6.21. The fraction of sp³-hybridized carbons (Fsp3) is 0.227. The molecule has 0 fully saturated rings. The molecule has 2 N–H and O–H groups in total. The van der Waals surface area contributed by atoms with Crippen LogP contribution < -0.4 is 25.0 Å². The van der Waals surface area contributed by atoms with Crippen LogP contribution in [0.3, 0.4) is 0 Å². The Kier molecular flexibility index (Phi) is 4.73. The molecule has 3 heterocycles. The van der Waals surface area contributed by atoms with Gasteiger partial charge in [-0.05, 0) is 65.4 Å². The van der Waals surface area contributed by atoms with Crippen LogP contribution >= 0.6 is 11.3 Å². The quantitative estimate of drug-likeness (QED) is 0.675. The molecule has 0 saturated carbocycles. The van der Waals surface area contributed by atoms with Gasteiger partial charge in [-0.3, -0.25) is 0 Å². The van der Waals surface area contributed by atoms with E-state index in [2.05, 4.69) is 39.1 Å². The lowest BCUT2D eigenvalue weighted by molar-refractivity contribution is 0.174. The van der Waals surface area contributed by atoms with Crippen LogP contribution in [-0.2, 0) is 19.5 Å². The van der Waals surface area contributed by atoms with Crippen LogP contribution in [0.1, 0.15) is 16.0 Å². The predicted octanol–water partition coefficient (Wildman–Crippen LogP) is 4.36. The van der Waals surface area contributed by atoms with Gasteiger partial charge in [-0.2, -0.15) is 0 Å². The van der Waals surface area contributed by atoms with E-state index in [1.807, 2.05) is 41.7 Å². The average Bonchev–Trinajstić information content (AvgIpc) is 3.41. The van der Waals surface area contributed by atoms with E-state index in [9.17, 15) is 4.79 Å². The third-order valence-electron chi connectivity index (χ3n) is 5.19. The standard InChI is InChI=1S/C22H21N3O3S/c26-22(23-12-15-1-6-19-20(11-15)28-14-27-19)24-17-2-4-18(5-3-17)25-9-7-21-16(13-25)8-10-29-21/h1-6,8,10-11H,7,9,12-14H2,(H2,23,24,26). The number of nitrogens with zero attached hydrogens (tertiary/aromatic N) is 1. The number of ether oxygens (including phenoxy) is 2. The minimum Gasteiger partial charge on any atom is -0.454 e. The van der Waals surface area contributed by atoms with E-state index in [4.69, 9.17) is 9.47 Å². The lowest BCUT2D eigenvalue weighted by Gasteiger charge is -2.29. The van der Waals surface area contributed by atoms with E-state index in [1.165, 1.54) is 16.1 Å². The van der Waals surface area contributed by atoms with Crippen molar-refractivity contribution in [1.29, 1.82) is 0 Å². The van der Waals surface area contributed by atoms with Gasteiger partial charge in [0.05, 0.1) is 0 Å². The summed E-state index contributed by atoms with van der Waals surface area (Å²) in [5.74, 6) is 1.45. The Morgan fingerprint density at radius 3 is 2.83 bits per heavy atom. The van der Waals surface area contributed by atoms with Crippen LogP contribution in [0.5, 0.6) is 11.5 Å². The van der Waals surface area contributed by atoms with E-state index in [-0.39, 0.29) is 12.8 Å². The molecule has 2 aliphatic rings. The summed E-state index contributed by atoms with van der Waals surface area (Å²) in [4.78, 5) is 16.1. The van der Waals surface area contributed by atoms with Gasteiger partial charge in [0.25, 0.3) is 0 Å². The highest BCUT2D eigenvalue weighted by Crippen LogP contribution is 2.32. The van der Waals surface area contributed by atoms with Crippen molar-refractivity contribution in [2.75, 3.05) is 23.6 Å². The topological polar surface area (TPSA) is 62.8 Å². The zero-order valence-electron chi connectivity index (χ0n) is 15.8. The summed E-state index contributed by atoms with van der Waals surface area (Å²) in [5, 5.41) is 7.92. The Morgan fingerprint density at radius 2 is 1.93 bits per heavy atom. The number of thiophene rings is 1. The SMILES string of the molecule is O=C(NCc1ccc2c(c1)OCO2)Nc1ccc(N2CCc3sccc3C2)cc1. The van der Waals surface area contributed by atoms with Gasteiger partial charge in [0, 0.05) is 35.9 Å². The maximum absolute atomic E-state index is 12.2.